The molecule has 28 heavy (non-hydrogen) atoms. The molecule has 3 atom stereocenters. The van der Waals surface area contributed by atoms with Crippen molar-refractivity contribution in [2.24, 2.45) is 11.8 Å². The Kier molecular flexibility index (Phi) is 7.50. The first-order valence-electron chi connectivity index (χ1n) is 10.5. The maximum Gasteiger partial charge on any atom is 0.315 e. The average molecular weight is 390 g/mol. The first kappa shape index (κ1) is 20.9. The zero-order valence-electron chi connectivity index (χ0n) is 17.5. The number of pyridine rings is 1. The highest BCUT2D eigenvalue weighted by atomic mass is 16.5. The van der Waals surface area contributed by atoms with Gasteiger partial charge >= 0.3 is 6.03 Å². The molecule has 3 heterocycles. The Labute approximate surface area is 168 Å². The number of anilines is 1. The van der Waals surface area contributed by atoms with Crippen LogP contribution in [0, 0.1) is 11.8 Å². The Hall–Kier alpha value is -1.86. The number of nitrogens with zero attached hydrogens (tertiary/aromatic N) is 3. The molecule has 3 rings (SSSR count). The van der Waals surface area contributed by atoms with Crippen molar-refractivity contribution < 1.29 is 9.53 Å². The Morgan fingerprint density at radius 2 is 1.96 bits per heavy atom. The van der Waals surface area contributed by atoms with Crippen molar-refractivity contribution >= 4 is 11.8 Å². The van der Waals surface area contributed by atoms with E-state index in [2.05, 4.69) is 46.2 Å². The first-order valence-corrected chi connectivity index (χ1v) is 10.5. The third-order valence-corrected chi connectivity index (χ3v) is 5.49. The van der Waals surface area contributed by atoms with Gasteiger partial charge in [-0.3, -0.25) is 0 Å². The summed E-state index contributed by atoms with van der Waals surface area (Å²) in [6.07, 6.45) is 3.38. The number of ether oxygens (including phenoxy) is 1. The topological polar surface area (TPSA) is 69.7 Å². The van der Waals surface area contributed by atoms with Gasteiger partial charge in [0.25, 0.3) is 0 Å². The number of morpholine rings is 1. The molecule has 2 N–H and O–H groups in total. The van der Waals surface area contributed by atoms with Gasteiger partial charge in [-0.1, -0.05) is 19.9 Å². The number of urea groups is 1. The van der Waals surface area contributed by atoms with Crippen molar-refractivity contribution in [2.75, 3.05) is 50.8 Å². The summed E-state index contributed by atoms with van der Waals surface area (Å²) in [5.41, 5.74) is 0.999. The Morgan fingerprint density at radius 1 is 1.18 bits per heavy atom. The molecule has 1 aromatic rings. The molecule has 0 spiro atoms. The lowest BCUT2D eigenvalue weighted by molar-refractivity contribution is 0.0529. The second-order valence-electron chi connectivity index (χ2n) is 8.47. The largest absolute Gasteiger partial charge is 0.375 e. The second-order valence-corrected chi connectivity index (χ2v) is 8.47. The lowest BCUT2D eigenvalue weighted by Crippen LogP contribution is -2.44. The van der Waals surface area contributed by atoms with Crippen LogP contribution in [0.4, 0.5) is 10.6 Å². The number of carbonyl (C=O) groups excluding carboxylic acids is 1. The Balaban J connectivity index is 1.35. The lowest BCUT2D eigenvalue weighted by Gasteiger charge is -2.34. The molecule has 3 unspecified atom stereocenters. The van der Waals surface area contributed by atoms with Gasteiger partial charge in [0.05, 0.1) is 12.7 Å². The molecule has 2 aliphatic rings. The van der Waals surface area contributed by atoms with Crippen molar-refractivity contribution in [1.82, 2.24) is 20.5 Å². The summed E-state index contributed by atoms with van der Waals surface area (Å²) in [6.45, 7) is 13.5. The Morgan fingerprint density at radius 3 is 2.64 bits per heavy atom. The normalized spacial score (nSPS) is 26.1. The number of rotatable bonds is 6. The molecule has 0 saturated carbocycles. The molecule has 7 nitrogen and oxygen atoms in total. The van der Waals surface area contributed by atoms with Gasteiger partial charge in [0.15, 0.2) is 0 Å². The van der Waals surface area contributed by atoms with Gasteiger partial charge < -0.3 is 25.2 Å². The molecule has 156 valence electrons. The summed E-state index contributed by atoms with van der Waals surface area (Å²) < 4.78 is 5.57. The first-order chi connectivity index (χ1) is 13.5. The smallest absolute Gasteiger partial charge is 0.315 e. The highest BCUT2D eigenvalue weighted by molar-refractivity contribution is 5.73. The molecule has 2 fully saturated rings. The van der Waals surface area contributed by atoms with Crippen LogP contribution >= 0.6 is 0 Å². The van der Waals surface area contributed by atoms with Crippen molar-refractivity contribution in [1.29, 1.82) is 0 Å². The van der Waals surface area contributed by atoms with E-state index in [1.165, 1.54) is 6.42 Å². The van der Waals surface area contributed by atoms with Crippen molar-refractivity contribution in [2.45, 2.75) is 39.8 Å². The van der Waals surface area contributed by atoms with Gasteiger partial charge in [-0.25, -0.2) is 9.78 Å². The molecular formula is C21H35N5O2. The van der Waals surface area contributed by atoms with E-state index in [-0.39, 0.29) is 12.1 Å². The van der Waals surface area contributed by atoms with Crippen LogP contribution in [0.1, 0.15) is 32.8 Å². The van der Waals surface area contributed by atoms with Crippen molar-refractivity contribution in [3.8, 4) is 0 Å². The van der Waals surface area contributed by atoms with Crippen LogP contribution in [-0.2, 0) is 11.3 Å². The SMILES string of the molecule is CC1CC(C)CN(CCNC(=O)NCc2ccc(N3CCOC(C)C3)nc2)C1. The molecule has 2 saturated heterocycles. The van der Waals surface area contributed by atoms with Crippen molar-refractivity contribution in [3.05, 3.63) is 23.9 Å². The third kappa shape index (κ3) is 6.34. The van der Waals surface area contributed by atoms with Gasteiger partial charge in [-0.2, -0.15) is 0 Å². The standard InChI is InChI=1S/C21H35N5O2/c1-16-10-17(2)14-25(13-16)7-6-22-21(27)24-12-19-4-5-20(23-11-19)26-8-9-28-18(3)15-26/h4-5,11,16-18H,6-10,12-15H2,1-3H3,(H2,22,24,27). The van der Waals surface area contributed by atoms with Gasteiger partial charge in [-0.15, -0.1) is 0 Å². The lowest BCUT2D eigenvalue weighted by atomic mass is 9.92. The molecule has 0 bridgehead atoms. The molecule has 0 aliphatic carbocycles. The summed E-state index contributed by atoms with van der Waals surface area (Å²) in [4.78, 5) is 21.3. The van der Waals surface area contributed by atoms with E-state index in [4.69, 9.17) is 4.74 Å². The Bertz CT molecular complexity index is 614. The number of carbonyl (C=O) groups is 1. The van der Waals surface area contributed by atoms with Crippen LogP contribution in [0.5, 0.6) is 0 Å². The molecule has 2 amide bonds. The maximum absolute atomic E-state index is 12.1. The number of aromatic nitrogens is 1. The zero-order chi connectivity index (χ0) is 19.9. The predicted octanol–water partition coefficient (Wildman–Crippen LogP) is 2.08. The third-order valence-electron chi connectivity index (χ3n) is 5.49. The summed E-state index contributed by atoms with van der Waals surface area (Å²) >= 11 is 0. The van der Waals surface area contributed by atoms with E-state index in [0.29, 0.717) is 13.1 Å². The maximum atomic E-state index is 12.1. The van der Waals surface area contributed by atoms with E-state index in [0.717, 1.165) is 62.5 Å². The molecule has 0 aromatic carbocycles. The molecular weight excluding hydrogens is 354 g/mol. The van der Waals surface area contributed by atoms with E-state index in [1.54, 1.807) is 0 Å². The van der Waals surface area contributed by atoms with Crippen molar-refractivity contribution in [3.63, 3.8) is 0 Å². The summed E-state index contributed by atoms with van der Waals surface area (Å²) in [7, 11) is 0. The minimum Gasteiger partial charge on any atom is -0.375 e. The molecule has 7 heteroatoms. The highest BCUT2D eigenvalue weighted by Gasteiger charge is 2.21. The molecule has 0 radical (unpaired) electrons. The number of hydrogen-bond acceptors (Lipinski definition) is 5. The fourth-order valence-electron chi connectivity index (χ4n) is 4.28. The van der Waals surface area contributed by atoms with Crippen LogP contribution in [0.25, 0.3) is 0 Å². The number of hydrogen-bond donors (Lipinski definition) is 2. The fourth-order valence-corrected chi connectivity index (χ4v) is 4.28. The van der Waals surface area contributed by atoms with Gasteiger partial charge in [-0.05, 0) is 36.8 Å². The van der Waals surface area contributed by atoms with E-state index >= 15 is 0 Å². The quantitative estimate of drug-likeness (QED) is 0.780. The van der Waals surface area contributed by atoms with Crippen LogP contribution in [0.2, 0.25) is 0 Å². The number of nitrogens with one attached hydrogen (secondary N) is 2. The van der Waals surface area contributed by atoms with Gasteiger partial charge in [0, 0.05) is 52.0 Å². The van der Waals surface area contributed by atoms with Gasteiger partial charge in [0.2, 0.25) is 0 Å². The van der Waals surface area contributed by atoms with E-state index in [9.17, 15) is 4.79 Å². The predicted molar refractivity (Wildman–Crippen MR) is 111 cm³/mol. The number of piperidine rings is 1. The number of likely N-dealkylation sites (tertiary alicyclic amines) is 1. The molecule has 1 aromatic heterocycles. The minimum absolute atomic E-state index is 0.121. The van der Waals surface area contributed by atoms with Gasteiger partial charge in [0.1, 0.15) is 5.82 Å². The monoisotopic (exact) mass is 389 g/mol. The van der Waals surface area contributed by atoms with E-state index in [1.807, 2.05) is 18.3 Å². The minimum atomic E-state index is -0.121. The highest BCUT2D eigenvalue weighted by Crippen LogP contribution is 2.20. The van der Waals surface area contributed by atoms with E-state index < -0.39 is 0 Å². The summed E-state index contributed by atoms with van der Waals surface area (Å²) in [5.74, 6) is 2.45. The number of amides is 2. The fraction of sp³-hybridized carbons (Fsp3) is 0.714. The second kappa shape index (κ2) is 10.1. The van der Waals surface area contributed by atoms with Crippen LogP contribution in [0.3, 0.4) is 0 Å². The summed E-state index contributed by atoms with van der Waals surface area (Å²) in [5, 5.41) is 5.88. The zero-order valence-corrected chi connectivity index (χ0v) is 17.5. The van der Waals surface area contributed by atoms with Crippen LogP contribution in [-0.4, -0.2) is 67.9 Å². The summed E-state index contributed by atoms with van der Waals surface area (Å²) in [6, 6.07) is 3.93. The van der Waals surface area contributed by atoms with Crippen LogP contribution in [0.15, 0.2) is 18.3 Å². The van der Waals surface area contributed by atoms with Crippen LogP contribution < -0.4 is 15.5 Å². The molecule has 2 aliphatic heterocycles. The average Bonchev–Trinajstić information content (AvgIpc) is 2.66.